The summed E-state index contributed by atoms with van der Waals surface area (Å²) in [4.78, 5) is 19.8. The molecule has 3 rings (SSSR count). The second-order valence-electron chi connectivity index (χ2n) is 6.98. The molecule has 0 saturated carbocycles. The molecule has 0 N–H and O–H groups in total. The van der Waals surface area contributed by atoms with Crippen LogP contribution in [0.25, 0.3) is 0 Å². The Balaban J connectivity index is 1.68. The predicted octanol–water partition coefficient (Wildman–Crippen LogP) is 4.14. The van der Waals surface area contributed by atoms with Gasteiger partial charge in [-0.15, -0.1) is 0 Å². The van der Waals surface area contributed by atoms with Gasteiger partial charge in [0, 0.05) is 24.4 Å². The molecular formula is C21H22F2N2O2. The van der Waals surface area contributed by atoms with Crippen LogP contribution in [0.4, 0.5) is 8.78 Å². The molecule has 4 nitrogen and oxygen atoms in total. The monoisotopic (exact) mass is 372 g/mol. The van der Waals surface area contributed by atoms with Crippen LogP contribution in [0.3, 0.4) is 0 Å². The molecule has 0 radical (unpaired) electrons. The molecule has 0 spiro atoms. The van der Waals surface area contributed by atoms with Crippen LogP contribution in [0.15, 0.2) is 53.7 Å². The highest BCUT2D eigenvalue weighted by atomic mass is 19.1. The van der Waals surface area contributed by atoms with Crippen LogP contribution in [0, 0.1) is 17.6 Å². The molecular weight excluding hydrogens is 350 g/mol. The summed E-state index contributed by atoms with van der Waals surface area (Å²) >= 11 is 0. The number of amides is 1. The van der Waals surface area contributed by atoms with Gasteiger partial charge in [-0.25, -0.2) is 8.78 Å². The zero-order valence-corrected chi connectivity index (χ0v) is 15.4. The van der Waals surface area contributed by atoms with Gasteiger partial charge in [-0.3, -0.25) is 4.79 Å². The Labute approximate surface area is 157 Å². The number of halogens is 2. The molecule has 1 aliphatic heterocycles. The van der Waals surface area contributed by atoms with E-state index in [2.05, 4.69) is 5.16 Å². The first kappa shape index (κ1) is 19.0. The largest absolute Gasteiger partial charge is 0.390 e. The van der Waals surface area contributed by atoms with Gasteiger partial charge >= 0.3 is 0 Å². The van der Waals surface area contributed by atoms with Crippen LogP contribution >= 0.6 is 0 Å². The van der Waals surface area contributed by atoms with Crippen LogP contribution in [-0.4, -0.2) is 29.2 Å². The summed E-state index contributed by atoms with van der Waals surface area (Å²) in [5.74, 6) is -0.822. The molecule has 0 fully saturated rings. The zero-order valence-electron chi connectivity index (χ0n) is 15.4. The Bertz CT molecular complexity index is 834. The van der Waals surface area contributed by atoms with Gasteiger partial charge in [-0.2, -0.15) is 0 Å². The molecule has 0 aliphatic carbocycles. The lowest BCUT2D eigenvalue weighted by molar-refractivity contribution is -0.136. The summed E-state index contributed by atoms with van der Waals surface area (Å²) < 4.78 is 26.5. The molecule has 0 aromatic heterocycles. The van der Waals surface area contributed by atoms with Crippen molar-refractivity contribution in [1.29, 1.82) is 0 Å². The molecule has 0 unspecified atom stereocenters. The van der Waals surface area contributed by atoms with Crippen molar-refractivity contribution in [2.45, 2.75) is 32.9 Å². The van der Waals surface area contributed by atoms with Crippen molar-refractivity contribution in [1.82, 2.24) is 4.90 Å². The maximum atomic E-state index is 13.4. The maximum absolute atomic E-state index is 13.4. The summed E-state index contributed by atoms with van der Waals surface area (Å²) in [6.07, 6.45) is 0.195. The van der Waals surface area contributed by atoms with Crippen LogP contribution in [0.2, 0.25) is 0 Å². The van der Waals surface area contributed by atoms with E-state index in [1.54, 1.807) is 29.2 Å². The van der Waals surface area contributed by atoms with Crippen molar-refractivity contribution in [3.63, 3.8) is 0 Å². The normalized spacial score (nSPS) is 16.2. The van der Waals surface area contributed by atoms with Gasteiger partial charge in [0.05, 0.1) is 12.3 Å². The highest BCUT2D eigenvalue weighted by molar-refractivity contribution is 6.01. The van der Waals surface area contributed by atoms with Crippen molar-refractivity contribution >= 4 is 11.6 Å². The molecule has 0 bridgehead atoms. The number of rotatable bonds is 6. The molecule has 1 heterocycles. The van der Waals surface area contributed by atoms with E-state index in [0.29, 0.717) is 30.8 Å². The average molecular weight is 372 g/mol. The lowest BCUT2D eigenvalue weighted by Gasteiger charge is -2.26. The summed E-state index contributed by atoms with van der Waals surface area (Å²) in [6, 6.07) is 12.3. The first-order chi connectivity index (χ1) is 12.9. The number of carbonyl (C=O) groups is 1. The summed E-state index contributed by atoms with van der Waals surface area (Å²) in [5.41, 5.74) is 2.19. The van der Waals surface area contributed by atoms with Crippen LogP contribution in [-0.2, 0) is 16.2 Å². The van der Waals surface area contributed by atoms with Crippen molar-refractivity contribution in [2.24, 2.45) is 11.1 Å². The van der Waals surface area contributed by atoms with Crippen molar-refractivity contribution in [2.75, 3.05) is 6.54 Å². The molecule has 142 valence electrons. The fourth-order valence-electron chi connectivity index (χ4n) is 3.02. The van der Waals surface area contributed by atoms with E-state index in [0.717, 1.165) is 5.56 Å². The van der Waals surface area contributed by atoms with E-state index in [9.17, 15) is 13.6 Å². The highest BCUT2D eigenvalue weighted by Gasteiger charge is 2.28. The Hall–Kier alpha value is -2.76. The topological polar surface area (TPSA) is 41.9 Å². The minimum absolute atomic E-state index is 0.0119. The Morgan fingerprint density at radius 3 is 2.59 bits per heavy atom. The third-order valence-corrected chi connectivity index (χ3v) is 4.41. The van der Waals surface area contributed by atoms with Gasteiger partial charge < -0.3 is 9.74 Å². The smallest absolute Gasteiger partial charge is 0.225 e. The minimum atomic E-state index is -0.327. The lowest BCUT2D eigenvalue weighted by Crippen LogP contribution is -2.39. The van der Waals surface area contributed by atoms with Crippen LogP contribution < -0.4 is 0 Å². The molecule has 1 aliphatic rings. The predicted molar refractivity (Wildman–Crippen MR) is 99.1 cm³/mol. The van der Waals surface area contributed by atoms with Gasteiger partial charge in [-0.05, 0) is 29.8 Å². The van der Waals surface area contributed by atoms with Gasteiger partial charge in [-0.1, -0.05) is 43.3 Å². The number of hydrogen-bond donors (Lipinski definition) is 0. The zero-order chi connectivity index (χ0) is 19.4. The maximum Gasteiger partial charge on any atom is 0.225 e. The van der Waals surface area contributed by atoms with Gasteiger partial charge in [0.1, 0.15) is 11.6 Å². The second-order valence-corrected chi connectivity index (χ2v) is 6.98. The highest BCUT2D eigenvalue weighted by Crippen LogP contribution is 2.20. The molecule has 2 aromatic carbocycles. The number of nitrogens with zero attached hydrogens (tertiary/aromatic N) is 2. The number of oxime groups is 1. The molecule has 6 heteroatoms. The van der Waals surface area contributed by atoms with Gasteiger partial charge in [0.2, 0.25) is 5.91 Å². The molecule has 1 amide bonds. The molecule has 2 aromatic rings. The van der Waals surface area contributed by atoms with Crippen molar-refractivity contribution in [3.8, 4) is 0 Å². The standard InChI is InChI=1S/C21H22F2N2O2/c1-14(2)21(26)25(12-15-6-8-17(22)9-7-15)13-19-11-20(24-27-19)16-4-3-5-18(23)10-16/h3-10,14,19H,11-13H2,1-2H3/t19-/m1/s1. The van der Waals surface area contributed by atoms with E-state index in [1.807, 2.05) is 13.8 Å². The third kappa shape index (κ3) is 4.90. The third-order valence-electron chi connectivity index (χ3n) is 4.41. The van der Waals surface area contributed by atoms with Crippen LogP contribution in [0.5, 0.6) is 0 Å². The Morgan fingerprint density at radius 2 is 1.93 bits per heavy atom. The van der Waals surface area contributed by atoms with Crippen molar-refractivity contribution in [3.05, 3.63) is 71.3 Å². The lowest BCUT2D eigenvalue weighted by atomic mass is 10.0. The first-order valence-corrected chi connectivity index (χ1v) is 8.94. The fraction of sp³-hybridized carbons (Fsp3) is 0.333. The number of benzene rings is 2. The summed E-state index contributed by atoms with van der Waals surface area (Å²) in [5, 5.41) is 4.07. The Kier molecular flexibility index (Phi) is 5.84. The quantitative estimate of drug-likeness (QED) is 0.765. The van der Waals surface area contributed by atoms with E-state index in [-0.39, 0.29) is 29.6 Å². The average Bonchev–Trinajstić information content (AvgIpc) is 3.11. The first-order valence-electron chi connectivity index (χ1n) is 8.94. The van der Waals surface area contributed by atoms with E-state index >= 15 is 0 Å². The molecule has 1 atom stereocenters. The Morgan fingerprint density at radius 1 is 1.19 bits per heavy atom. The summed E-state index contributed by atoms with van der Waals surface area (Å²) in [7, 11) is 0. The molecule has 0 saturated heterocycles. The van der Waals surface area contributed by atoms with E-state index in [1.165, 1.54) is 24.3 Å². The summed E-state index contributed by atoms with van der Waals surface area (Å²) in [6.45, 7) is 4.40. The molecule has 27 heavy (non-hydrogen) atoms. The number of carbonyl (C=O) groups excluding carboxylic acids is 1. The number of hydrogen-bond acceptors (Lipinski definition) is 3. The van der Waals surface area contributed by atoms with Gasteiger partial charge in [0.25, 0.3) is 0 Å². The minimum Gasteiger partial charge on any atom is -0.390 e. The van der Waals surface area contributed by atoms with Crippen molar-refractivity contribution < 1.29 is 18.4 Å². The second kappa shape index (κ2) is 8.29. The van der Waals surface area contributed by atoms with Crippen LogP contribution in [0.1, 0.15) is 31.4 Å². The van der Waals surface area contributed by atoms with E-state index in [4.69, 9.17) is 4.84 Å². The SMILES string of the molecule is CC(C)C(=O)N(Cc1ccc(F)cc1)C[C@H]1CC(c2cccc(F)c2)=NO1. The fourth-order valence-corrected chi connectivity index (χ4v) is 3.02. The van der Waals surface area contributed by atoms with Gasteiger partial charge in [0.15, 0.2) is 6.10 Å². The van der Waals surface area contributed by atoms with E-state index < -0.39 is 0 Å².